The van der Waals surface area contributed by atoms with Gasteiger partial charge >= 0.3 is 0 Å². The van der Waals surface area contributed by atoms with Gasteiger partial charge < -0.3 is 5.73 Å². The van der Waals surface area contributed by atoms with Crippen LogP contribution in [0.1, 0.15) is 11.1 Å². The fourth-order valence-corrected chi connectivity index (χ4v) is 3.54. The van der Waals surface area contributed by atoms with Gasteiger partial charge in [0.1, 0.15) is 23.5 Å². The van der Waals surface area contributed by atoms with Gasteiger partial charge in [0.15, 0.2) is 0 Å². The predicted molar refractivity (Wildman–Crippen MR) is 119 cm³/mol. The molecule has 0 fully saturated rings. The average molecular weight is 407 g/mol. The molecule has 0 radical (unpaired) electrons. The molecule has 0 unspecified atom stereocenters. The molecule has 1 heterocycles. The summed E-state index contributed by atoms with van der Waals surface area (Å²) in [6.45, 7) is 0. The van der Waals surface area contributed by atoms with Crippen molar-refractivity contribution in [3.63, 3.8) is 0 Å². The van der Waals surface area contributed by atoms with Crippen LogP contribution in [0.15, 0.2) is 78.9 Å². The van der Waals surface area contributed by atoms with E-state index >= 15 is 0 Å². The van der Waals surface area contributed by atoms with Crippen LogP contribution in [0.25, 0.3) is 33.5 Å². The maximum atomic E-state index is 9.99. The highest BCUT2D eigenvalue weighted by atomic mass is 35.5. The lowest BCUT2D eigenvalue weighted by molar-refractivity contribution is 1.29. The first-order valence-electron chi connectivity index (χ1n) is 9.18. The number of hydrogen-bond acceptors (Lipinski definition) is 4. The van der Waals surface area contributed by atoms with E-state index in [1.165, 1.54) is 0 Å². The number of rotatable bonds is 3. The minimum atomic E-state index is 0.0993. The van der Waals surface area contributed by atoms with E-state index in [2.05, 4.69) is 17.1 Å². The zero-order valence-electron chi connectivity index (χ0n) is 15.8. The second-order valence-electron chi connectivity index (χ2n) is 6.65. The molecule has 4 rings (SSSR count). The second-order valence-corrected chi connectivity index (χ2v) is 7.08. The summed E-state index contributed by atoms with van der Waals surface area (Å²) < 4.78 is 0. The molecule has 4 nitrogen and oxygen atoms in total. The summed E-state index contributed by atoms with van der Waals surface area (Å²) in [5.74, 6) is 0.0993. The van der Waals surface area contributed by atoms with E-state index in [1.54, 1.807) is 0 Å². The number of pyridine rings is 1. The lowest BCUT2D eigenvalue weighted by Gasteiger charge is -2.14. The monoisotopic (exact) mass is 406 g/mol. The van der Waals surface area contributed by atoms with Crippen LogP contribution in [0.3, 0.4) is 0 Å². The quantitative estimate of drug-likeness (QED) is 0.447. The van der Waals surface area contributed by atoms with E-state index in [9.17, 15) is 10.5 Å². The van der Waals surface area contributed by atoms with E-state index in [1.807, 2.05) is 78.9 Å². The first kappa shape index (κ1) is 19.2. The fraction of sp³-hybridized carbons (Fsp3) is 0. The number of nitrogen functional groups attached to an aromatic ring is 1. The summed E-state index contributed by atoms with van der Waals surface area (Å²) in [5, 5.41) is 20.4. The summed E-state index contributed by atoms with van der Waals surface area (Å²) in [7, 11) is 0. The van der Waals surface area contributed by atoms with Crippen molar-refractivity contribution in [2.24, 2.45) is 0 Å². The molecule has 0 saturated heterocycles. The van der Waals surface area contributed by atoms with Crippen molar-refractivity contribution in [1.29, 1.82) is 10.5 Å². The molecule has 5 heteroatoms. The number of aromatic nitrogens is 1. The molecule has 0 spiro atoms. The molecule has 0 aliphatic heterocycles. The number of nitriles is 2. The third kappa shape index (κ3) is 3.49. The predicted octanol–water partition coefficient (Wildman–Crippen LogP) is 6.06. The third-order valence-electron chi connectivity index (χ3n) is 4.82. The number of nitrogens with two attached hydrogens (primary N) is 1. The highest BCUT2D eigenvalue weighted by Gasteiger charge is 2.21. The highest BCUT2D eigenvalue weighted by Crippen LogP contribution is 2.37. The van der Waals surface area contributed by atoms with Gasteiger partial charge in [-0.2, -0.15) is 10.5 Å². The summed E-state index contributed by atoms with van der Waals surface area (Å²) in [6.07, 6.45) is 0. The minimum absolute atomic E-state index is 0.0993. The molecule has 0 amide bonds. The van der Waals surface area contributed by atoms with Crippen LogP contribution in [0.5, 0.6) is 0 Å². The van der Waals surface area contributed by atoms with Crippen molar-refractivity contribution in [2.75, 3.05) is 5.73 Å². The average Bonchev–Trinajstić information content (AvgIpc) is 2.79. The topological polar surface area (TPSA) is 86.5 Å². The van der Waals surface area contributed by atoms with E-state index < -0.39 is 0 Å². The normalized spacial score (nSPS) is 10.2. The van der Waals surface area contributed by atoms with Gasteiger partial charge in [0.2, 0.25) is 0 Å². The molecule has 4 aromatic rings. The Bertz CT molecular complexity index is 1310. The van der Waals surface area contributed by atoms with Crippen molar-refractivity contribution in [1.82, 2.24) is 4.98 Å². The third-order valence-corrected chi connectivity index (χ3v) is 5.08. The molecule has 0 saturated carbocycles. The second kappa shape index (κ2) is 8.09. The van der Waals surface area contributed by atoms with Gasteiger partial charge in [0.25, 0.3) is 0 Å². The smallest absolute Gasteiger partial charge is 0.142 e. The summed E-state index contributed by atoms with van der Waals surface area (Å²) >= 11 is 6.01. The lowest BCUT2D eigenvalue weighted by atomic mass is 9.91. The molecule has 3 aromatic carbocycles. The van der Waals surface area contributed by atoms with Crippen LogP contribution in [-0.2, 0) is 0 Å². The largest absolute Gasteiger partial charge is 0.383 e. The maximum Gasteiger partial charge on any atom is 0.142 e. The maximum absolute atomic E-state index is 9.99. The zero-order chi connectivity index (χ0) is 21.1. The lowest BCUT2D eigenvalue weighted by Crippen LogP contribution is -2.04. The van der Waals surface area contributed by atoms with Crippen molar-refractivity contribution >= 4 is 17.4 Å². The molecular formula is C25H15ClN4. The molecule has 2 N–H and O–H groups in total. The zero-order valence-corrected chi connectivity index (χ0v) is 16.6. The van der Waals surface area contributed by atoms with Crippen molar-refractivity contribution < 1.29 is 0 Å². The number of anilines is 1. The Hall–Kier alpha value is -4.12. The molecule has 0 aliphatic carbocycles. The number of nitrogens with zero attached hydrogens (tertiary/aromatic N) is 3. The molecular weight excluding hydrogens is 392 g/mol. The standard InChI is InChI=1S/C25H15ClN4/c26-20-11-9-16(10-12-20)18-7-4-8-19(13-18)23-21(14-27)24(17-5-2-1-3-6-17)30-25(29)22(23)15-28/h1-13H,(H2,29,30). The molecule has 0 bridgehead atoms. The molecule has 142 valence electrons. The van der Waals surface area contributed by atoms with Gasteiger partial charge in [-0.25, -0.2) is 4.98 Å². The Labute approximate surface area is 179 Å². The Balaban J connectivity index is 1.98. The highest BCUT2D eigenvalue weighted by molar-refractivity contribution is 6.30. The van der Waals surface area contributed by atoms with Gasteiger partial charge in [-0.1, -0.05) is 72.3 Å². The van der Waals surface area contributed by atoms with Crippen LogP contribution in [0.4, 0.5) is 5.82 Å². The Morgan fingerprint density at radius 1 is 0.700 bits per heavy atom. The van der Waals surface area contributed by atoms with Gasteiger partial charge in [-0.3, -0.25) is 0 Å². The van der Waals surface area contributed by atoms with Crippen LogP contribution < -0.4 is 5.73 Å². The molecule has 30 heavy (non-hydrogen) atoms. The van der Waals surface area contributed by atoms with Crippen molar-refractivity contribution in [3.8, 4) is 45.6 Å². The van der Waals surface area contributed by atoms with Gasteiger partial charge in [-0.05, 0) is 34.9 Å². The van der Waals surface area contributed by atoms with E-state index in [4.69, 9.17) is 17.3 Å². The van der Waals surface area contributed by atoms with Crippen LogP contribution in [0.2, 0.25) is 5.02 Å². The van der Waals surface area contributed by atoms with Crippen LogP contribution in [0, 0.1) is 22.7 Å². The van der Waals surface area contributed by atoms with Gasteiger partial charge in [0, 0.05) is 16.1 Å². The van der Waals surface area contributed by atoms with Crippen LogP contribution >= 0.6 is 11.6 Å². The van der Waals surface area contributed by atoms with Crippen molar-refractivity contribution in [3.05, 3.63) is 95.0 Å². The van der Waals surface area contributed by atoms with E-state index in [0.717, 1.165) is 22.3 Å². The Kier molecular flexibility index (Phi) is 5.18. The number of hydrogen-bond donors (Lipinski definition) is 1. The Morgan fingerprint density at radius 2 is 1.33 bits per heavy atom. The first-order chi connectivity index (χ1) is 14.6. The van der Waals surface area contributed by atoms with Gasteiger partial charge in [0.05, 0.1) is 11.3 Å². The Morgan fingerprint density at radius 3 is 2.00 bits per heavy atom. The minimum Gasteiger partial charge on any atom is -0.383 e. The summed E-state index contributed by atoms with van der Waals surface area (Å²) in [4.78, 5) is 4.38. The number of halogens is 1. The molecule has 1 aromatic heterocycles. The summed E-state index contributed by atoms with van der Waals surface area (Å²) in [5.41, 5.74) is 11.0. The van der Waals surface area contributed by atoms with E-state index in [0.29, 0.717) is 21.8 Å². The van der Waals surface area contributed by atoms with Crippen LogP contribution in [-0.4, -0.2) is 4.98 Å². The first-order valence-corrected chi connectivity index (χ1v) is 9.55. The van der Waals surface area contributed by atoms with E-state index in [-0.39, 0.29) is 11.4 Å². The number of benzene rings is 3. The van der Waals surface area contributed by atoms with Crippen molar-refractivity contribution in [2.45, 2.75) is 0 Å². The fourth-order valence-electron chi connectivity index (χ4n) is 3.42. The molecule has 0 aliphatic rings. The SMILES string of the molecule is N#Cc1c(N)nc(-c2ccccc2)c(C#N)c1-c1cccc(-c2ccc(Cl)cc2)c1. The summed E-state index contributed by atoms with van der Waals surface area (Å²) in [6, 6.07) is 28.9. The molecule has 0 atom stereocenters. The van der Waals surface area contributed by atoms with Gasteiger partial charge in [-0.15, -0.1) is 0 Å².